The highest BCUT2D eigenvalue weighted by Crippen LogP contribution is 2.25. The summed E-state index contributed by atoms with van der Waals surface area (Å²) in [4.78, 5) is 19.1. The molecule has 2 heterocycles. The van der Waals surface area contributed by atoms with Crippen LogP contribution in [0.15, 0.2) is 53.7 Å². The number of rotatable bonds is 2. The summed E-state index contributed by atoms with van der Waals surface area (Å²) in [5.41, 5.74) is 1.87. The highest BCUT2D eigenvalue weighted by atomic mass is 16.1. The topological polar surface area (TPSA) is 74.4 Å². The number of benzene rings is 1. The van der Waals surface area contributed by atoms with Gasteiger partial charge in [0.1, 0.15) is 5.82 Å². The second-order valence-corrected chi connectivity index (χ2v) is 3.79. The zero-order valence-electron chi connectivity index (χ0n) is 9.42. The molecule has 0 amide bonds. The molecule has 5 nitrogen and oxygen atoms in total. The van der Waals surface area contributed by atoms with E-state index in [9.17, 15) is 4.79 Å². The molecule has 0 unspecified atom stereocenters. The van der Waals surface area contributed by atoms with Gasteiger partial charge in [0.15, 0.2) is 0 Å². The van der Waals surface area contributed by atoms with Crippen molar-refractivity contribution < 1.29 is 0 Å². The number of H-pyrrole nitrogens is 2. The molecule has 0 radical (unpaired) electrons. The quantitative estimate of drug-likeness (QED) is 0.715. The average Bonchev–Trinajstić information content (AvgIpc) is 2.93. The molecule has 0 aliphatic carbocycles. The smallest absolute Gasteiger partial charge is 0.272 e. The van der Waals surface area contributed by atoms with E-state index < -0.39 is 0 Å². The Morgan fingerprint density at radius 2 is 1.94 bits per heavy atom. The summed E-state index contributed by atoms with van der Waals surface area (Å²) in [7, 11) is 0. The van der Waals surface area contributed by atoms with Crippen LogP contribution in [-0.2, 0) is 0 Å². The summed E-state index contributed by atoms with van der Waals surface area (Å²) >= 11 is 0. The molecule has 0 spiro atoms. The summed E-state index contributed by atoms with van der Waals surface area (Å²) in [6.07, 6.45) is 4.96. The zero-order chi connectivity index (χ0) is 12.4. The van der Waals surface area contributed by atoms with Crippen molar-refractivity contribution in [1.29, 1.82) is 0 Å². The van der Waals surface area contributed by atoms with E-state index in [1.54, 1.807) is 18.6 Å². The molecule has 0 atom stereocenters. The van der Waals surface area contributed by atoms with Crippen LogP contribution < -0.4 is 5.56 Å². The summed E-state index contributed by atoms with van der Waals surface area (Å²) in [6, 6.07) is 9.46. The van der Waals surface area contributed by atoms with Gasteiger partial charge in [0.05, 0.1) is 17.3 Å². The second-order valence-electron chi connectivity index (χ2n) is 3.79. The number of imidazole rings is 1. The fraction of sp³-hybridized carbons (Fsp3) is 0. The van der Waals surface area contributed by atoms with Crippen LogP contribution in [0.4, 0.5) is 0 Å². The van der Waals surface area contributed by atoms with Gasteiger partial charge in [0.2, 0.25) is 0 Å². The molecule has 0 saturated heterocycles. The molecule has 0 saturated carbocycles. The number of nitrogens with one attached hydrogen (secondary N) is 2. The van der Waals surface area contributed by atoms with E-state index in [2.05, 4.69) is 20.2 Å². The molecule has 0 aliphatic rings. The molecule has 0 bridgehead atoms. The second kappa shape index (κ2) is 4.29. The van der Waals surface area contributed by atoms with Crippen LogP contribution in [0, 0.1) is 0 Å². The summed E-state index contributed by atoms with van der Waals surface area (Å²) in [5, 5.41) is 6.28. The predicted molar refractivity (Wildman–Crippen MR) is 67.9 cm³/mol. The first kappa shape index (κ1) is 10.5. The zero-order valence-corrected chi connectivity index (χ0v) is 9.42. The Kier molecular flexibility index (Phi) is 2.49. The number of aromatic nitrogens is 4. The van der Waals surface area contributed by atoms with Crippen LogP contribution >= 0.6 is 0 Å². The van der Waals surface area contributed by atoms with E-state index in [1.807, 2.05) is 30.3 Å². The van der Waals surface area contributed by atoms with E-state index in [0.29, 0.717) is 17.0 Å². The summed E-state index contributed by atoms with van der Waals surface area (Å²) < 4.78 is 0. The van der Waals surface area contributed by atoms with Crippen molar-refractivity contribution in [3.05, 3.63) is 59.3 Å². The van der Waals surface area contributed by atoms with Crippen LogP contribution in [0.2, 0.25) is 0 Å². The monoisotopic (exact) mass is 238 g/mol. The maximum atomic E-state index is 12.0. The van der Waals surface area contributed by atoms with Crippen molar-refractivity contribution in [3.8, 4) is 22.5 Å². The van der Waals surface area contributed by atoms with Gasteiger partial charge >= 0.3 is 0 Å². The molecule has 3 aromatic rings. The third-order valence-electron chi connectivity index (χ3n) is 2.67. The van der Waals surface area contributed by atoms with Crippen molar-refractivity contribution in [3.63, 3.8) is 0 Å². The molecule has 3 rings (SSSR count). The van der Waals surface area contributed by atoms with Crippen LogP contribution in [0.25, 0.3) is 22.5 Å². The number of nitrogens with zero attached hydrogens (tertiary/aromatic N) is 2. The molecule has 18 heavy (non-hydrogen) atoms. The van der Waals surface area contributed by atoms with Gasteiger partial charge in [0, 0.05) is 12.4 Å². The Labute approximate surface area is 103 Å². The van der Waals surface area contributed by atoms with Gasteiger partial charge in [-0.05, 0) is 5.56 Å². The first-order chi connectivity index (χ1) is 8.86. The lowest BCUT2D eigenvalue weighted by molar-refractivity contribution is 0.990. The van der Waals surface area contributed by atoms with Crippen molar-refractivity contribution in [1.82, 2.24) is 20.2 Å². The molecule has 0 aliphatic heterocycles. The van der Waals surface area contributed by atoms with Gasteiger partial charge in [-0.3, -0.25) is 4.79 Å². The Morgan fingerprint density at radius 1 is 1.11 bits per heavy atom. The van der Waals surface area contributed by atoms with E-state index in [4.69, 9.17) is 0 Å². The minimum Gasteiger partial charge on any atom is -0.345 e. The van der Waals surface area contributed by atoms with E-state index >= 15 is 0 Å². The largest absolute Gasteiger partial charge is 0.345 e. The lowest BCUT2D eigenvalue weighted by Crippen LogP contribution is -2.12. The van der Waals surface area contributed by atoms with Crippen LogP contribution in [0.5, 0.6) is 0 Å². The predicted octanol–water partition coefficient (Wildman–Crippen LogP) is 1.83. The van der Waals surface area contributed by atoms with Crippen LogP contribution in [0.3, 0.4) is 0 Å². The maximum Gasteiger partial charge on any atom is 0.272 e. The van der Waals surface area contributed by atoms with E-state index in [0.717, 1.165) is 5.56 Å². The van der Waals surface area contributed by atoms with Gasteiger partial charge in [-0.25, -0.2) is 10.1 Å². The summed E-state index contributed by atoms with van der Waals surface area (Å²) in [6.45, 7) is 0. The standard InChI is InChI=1S/C13H10N4O/c18-13-11(9-4-2-1-3-5-9)10(8-16-17-13)12-14-6-7-15-12/h1-8H,(H,14,15)(H,17,18). The van der Waals surface area contributed by atoms with Gasteiger partial charge in [0.25, 0.3) is 5.56 Å². The number of hydrogen-bond acceptors (Lipinski definition) is 3. The minimum absolute atomic E-state index is 0.227. The first-order valence-electron chi connectivity index (χ1n) is 5.49. The van der Waals surface area contributed by atoms with Gasteiger partial charge in [-0.1, -0.05) is 30.3 Å². The molecule has 88 valence electrons. The first-order valence-corrected chi connectivity index (χ1v) is 5.49. The lowest BCUT2D eigenvalue weighted by atomic mass is 10.0. The molecule has 0 fully saturated rings. The average molecular weight is 238 g/mol. The SMILES string of the molecule is O=c1[nH]ncc(-c2ncc[nH]2)c1-c1ccccc1. The van der Waals surface area contributed by atoms with Gasteiger partial charge in [-0.15, -0.1) is 0 Å². The lowest BCUT2D eigenvalue weighted by Gasteiger charge is -2.05. The van der Waals surface area contributed by atoms with Crippen LogP contribution in [0.1, 0.15) is 0 Å². The van der Waals surface area contributed by atoms with Crippen molar-refractivity contribution >= 4 is 0 Å². The maximum absolute atomic E-state index is 12.0. The Balaban J connectivity index is 2.29. The third-order valence-corrected chi connectivity index (χ3v) is 2.67. The Morgan fingerprint density at radius 3 is 2.67 bits per heavy atom. The molecule has 2 aromatic heterocycles. The van der Waals surface area contributed by atoms with Crippen molar-refractivity contribution in [2.45, 2.75) is 0 Å². The highest BCUT2D eigenvalue weighted by Gasteiger charge is 2.13. The fourth-order valence-electron chi connectivity index (χ4n) is 1.88. The summed E-state index contributed by atoms with van der Waals surface area (Å²) in [5.74, 6) is 0.632. The Bertz CT molecular complexity index is 701. The minimum atomic E-state index is -0.227. The van der Waals surface area contributed by atoms with Crippen molar-refractivity contribution in [2.24, 2.45) is 0 Å². The van der Waals surface area contributed by atoms with E-state index in [1.165, 1.54) is 0 Å². The normalized spacial score (nSPS) is 10.4. The highest BCUT2D eigenvalue weighted by molar-refractivity contribution is 5.78. The van der Waals surface area contributed by atoms with Crippen LogP contribution in [-0.4, -0.2) is 20.2 Å². The van der Waals surface area contributed by atoms with Gasteiger partial charge in [-0.2, -0.15) is 5.10 Å². The third kappa shape index (κ3) is 1.71. The van der Waals surface area contributed by atoms with Crippen molar-refractivity contribution in [2.75, 3.05) is 0 Å². The molecule has 1 aromatic carbocycles. The Hall–Kier alpha value is -2.69. The molecular formula is C13H10N4O. The number of hydrogen-bond donors (Lipinski definition) is 2. The number of aromatic amines is 2. The fourth-order valence-corrected chi connectivity index (χ4v) is 1.88. The van der Waals surface area contributed by atoms with E-state index in [-0.39, 0.29) is 5.56 Å². The molecular weight excluding hydrogens is 228 g/mol. The van der Waals surface area contributed by atoms with Gasteiger partial charge < -0.3 is 4.98 Å². The molecule has 5 heteroatoms. The molecule has 2 N–H and O–H groups in total.